The van der Waals surface area contributed by atoms with Gasteiger partial charge in [-0.05, 0) is 53.1 Å². The molecular formula is C28H33NO6. The van der Waals surface area contributed by atoms with Crippen LogP contribution in [0.15, 0.2) is 72.8 Å². The van der Waals surface area contributed by atoms with E-state index in [0.717, 1.165) is 33.9 Å². The fourth-order valence-electron chi connectivity index (χ4n) is 3.92. The Labute approximate surface area is 206 Å². The Kier molecular flexibility index (Phi) is 9.52. The number of methoxy groups -OCH3 is 4. The molecule has 3 rings (SSSR count). The van der Waals surface area contributed by atoms with Crippen LogP contribution in [0.1, 0.15) is 23.1 Å². The lowest BCUT2D eigenvalue weighted by Gasteiger charge is -2.36. The first-order valence-electron chi connectivity index (χ1n) is 11.4. The maximum absolute atomic E-state index is 11.4. The maximum Gasteiger partial charge on any atom is 0.306 e. The van der Waals surface area contributed by atoms with Gasteiger partial charge in [0.05, 0.1) is 41.5 Å². The van der Waals surface area contributed by atoms with Gasteiger partial charge in [-0.2, -0.15) is 0 Å². The first kappa shape index (κ1) is 26.1. The summed E-state index contributed by atoms with van der Waals surface area (Å²) in [5.74, 6) is 2.03. The van der Waals surface area contributed by atoms with Crippen LogP contribution in [0.3, 0.4) is 0 Å². The molecule has 186 valence electrons. The fourth-order valence-corrected chi connectivity index (χ4v) is 3.92. The van der Waals surface area contributed by atoms with Crippen LogP contribution in [0, 0.1) is 0 Å². The predicted molar refractivity (Wildman–Crippen MR) is 134 cm³/mol. The van der Waals surface area contributed by atoms with E-state index < -0.39 is 5.60 Å². The van der Waals surface area contributed by atoms with E-state index in [-0.39, 0.29) is 5.97 Å². The van der Waals surface area contributed by atoms with Crippen molar-refractivity contribution in [1.82, 2.24) is 5.32 Å². The van der Waals surface area contributed by atoms with E-state index in [1.807, 2.05) is 72.8 Å². The molecule has 0 saturated carbocycles. The lowest BCUT2D eigenvalue weighted by molar-refractivity contribution is -0.140. The van der Waals surface area contributed by atoms with Crippen LogP contribution in [0.4, 0.5) is 0 Å². The monoisotopic (exact) mass is 479 g/mol. The van der Waals surface area contributed by atoms with Crippen LogP contribution in [-0.2, 0) is 19.9 Å². The van der Waals surface area contributed by atoms with Gasteiger partial charge in [-0.15, -0.1) is 0 Å². The molecule has 0 aliphatic heterocycles. The number of hydrogen-bond donors (Lipinski definition) is 1. The summed E-state index contributed by atoms with van der Waals surface area (Å²) in [7, 11) is 6.32. The third-order valence-corrected chi connectivity index (χ3v) is 5.82. The van der Waals surface area contributed by atoms with Gasteiger partial charge in [0.1, 0.15) is 22.8 Å². The van der Waals surface area contributed by atoms with E-state index in [1.165, 1.54) is 7.11 Å². The second kappa shape index (κ2) is 12.8. The lowest BCUT2D eigenvalue weighted by Crippen LogP contribution is -2.35. The van der Waals surface area contributed by atoms with Gasteiger partial charge in [0, 0.05) is 13.1 Å². The molecule has 0 aliphatic carbocycles. The zero-order chi connectivity index (χ0) is 25.1. The van der Waals surface area contributed by atoms with E-state index in [9.17, 15) is 4.79 Å². The molecule has 0 bridgehead atoms. The summed E-state index contributed by atoms with van der Waals surface area (Å²) >= 11 is 0. The molecule has 0 radical (unpaired) electrons. The summed E-state index contributed by atoms with van der Waals surface area (Å²) in [4.78, 5) is 11.4. The van der Waals surface area contributed by atoms with Crippen LogP contribution in [-0.4, -0.2) is 54.1 Å². The third kappa shape index (κ3) is 6.32. The highest BCUT2D eigenvalue weighted by Crippen LogP contribution is 2.42. The predicted octanol–water partition coefficient (Wildman–Crippen LogP) is 4.17. The van der Waals surface area contributed by atoms with Crippen molar-refractivity contribution in [1.29, 1.82) is 0 Å². The first-order valence-corrected chi connectivity index (χ1v) is 11.4. The van der Waals surface area contributed by atoms with Crippen molar-refractivity contribution in [2.24, 2.45) is 0 Å². The molecule has 0 heterocycles. The number of rotatable bonds is 13. The number of ether oxygens (including phenoxy) is 5. The first-order chi connectivity index (χ1) is 17.1. The highest BCUT2D eigenvalue weighted by molar-refractivity contribution is 5.69. The highest BCUT2D eigenvalue weighted by atomic mass is 16.5. The normalized spacial score (nSPS) is 11.1. The van der Waals surface area contributed by atoms with Crippen molar-refractivity contribution in [3.8, 4) is 17.2 Å². The maximum atomic E-state index is 11.4. The molecule has 3 aromatic carbocycles. The fraction of sp³-hybridized carbons (Fsp3) is 0.321. The average molecular weight is 480 g/mol. The Balaban J connectivity index is 2.01. The standard InChI is InChI=1S/C28H33NO6/c1-31-24-11-5-21(6-12-24)28(22-7-13-25(32-2)14-8-22,23-9-15-26(33-3)16-10-23)35-20-19-29-18-17-27(30)34-4/h5-16,29H,17-20H2,1-4H3. The molecule has 1 N–H and O–H groups in total. The summed E-state index contributed by atoms with van der Waals surface area (Å²) in [5.41, 5.74) is 1.93. The third-order valence-electron chi connectivity index (χ3n) is 5.82. The highest BCUT2D eigenvalue weighted by Gasteiger charge is 2.38. The van der Waals surface area contributed by atoms with Crippen LogP contribution in [0.2, 0.25) is 0 Å². The summed E-state index contributed by atoms with van der Waals surface area (Å²) in [6.45, 7) is 1.46. The van der Waals surface area contributed by atoms with E-state index in [4.69, 9.17) is 23.7 Å². The summed E-state index contributed by atoms with van der Waals surface area (Å²) < 4.78 is 27.6. The van der Waals surface area contributed by atoms with Gasteiger partial charge in [0.2, 0.25) is 0 Å². The Morgan fingerprint density at radius 2 is 1.06 bits per heavy atom. The Hall–Kier alpha value is -3.55. The molecular weight excluding hydrogens is 446 g/mol. The molecule has 0 spiro atoms. The van der Waals surface area contributed by atoms with Crippen molar-refractivity contribution in [3.05, 3.63) is 89.5 Å². The molecule has 0 saturated heterocycles. The van der Waals surface area contributed by atoms with Gasteiger partial charge in [0.15, 0.2) is 0 Å². The van der Waals surface area contributed by atoms with Crippen LogP contribution >= 0.6 is 0 Å². The van der Waals surface area contributed by atoms with Gasteiger partial charge in [-0.25, -0.2) is 0 Å². The minimum atomic E-state index is -0.908. The molecule has 7 heteroatoms. The molecule has 7 nitrogen and oxygen atoms in total. The quantitative estimate of drug-likeness (QED) is 0.224. The molecule has 3 aromatic rings. The largest absolute Gasteiger partial charge is 0.497 e. The van der Waals surface area contributed by atoms with E-state index in [0.29, 0.717) is 26.1 Å². The summed E-state index contributed by atoms with van der Waals surface area (Å²) in [6.07, 6.45) is 0.303. The van der Waals surface area contributed by atoms with Gasteiger partial charge < -0.3 is 29.0 Å². The minimum absolute atomic E-state index is 0.248. The number of hydrogen-bond acceptors (Lipinski definition) is 7. The Bertz CT molecular complexity index is 933. The second-order valence-electron chi connectivity index (χ2n) is 7.79. The van der Waals surface area contributed by atoms with Crippen molar-refractivity contribution in [2.45, 2.75) is 12.0 Å². The number of nitrogens with one attached hydrogen (secondary N) is 1. The molecule has 0 aliphatic rings. The molecule has 0 unspecified atom stereocenters. The van der Waals surface area contributed by atoms with Gasteiger partial charge in [-0.3, -0.25) is 4.79 Å². The molecule has 0 atom stereocenters. The summed E-state index contributed by atoms with van der Waals surface area (Å²) in [6, 6.07) is 23.6. The zero-order valence-corrected chi connectivity index (χ0v) is 20.7. The van der Waals surface area contributed by atoms with Crippen molar-refractivity contribution >= 4 is 5.97 Å². The lowest BCUT2D eigenvalue weighted by atomic mass is 9.80. The zero-order valence-electron chi connectivity index (χ0n) is 20.7. The number of esters is 1. The minimum Gasteiger partial charge on any atom is -0.497 e. The Morgan fingerprint density at radius 3 is 1.40 bits per heavy atom. The second-order valence-corrected chi connectivity index (χ2v) is 7.79. The van der Waals surface area contributed by atoms with Crippen LogP contribution < -0.4 is 19.5 Å². The van der Waals surface area contributed by atoms with Crippen molar-refractivity contribution in [3.63, 3.8) is 0 Å². The molecule has 0 amide bonds. The Morgan fingerprint density at radius 1 is 0.657 bits per heavy atom. The number of carbonyl (C=O) groups is 1. The molecule has 0 fully saturated rings. The van der Waals surface area contributed by atoms with Crippen molar-refractivity contribution in [2.75, 3.05) is 48.1 Å². The van der Waals surface area contributed by atoms with Gasteiger partial charge in [-0.1, -0.05) is 36.4 Å². The van der Waals surface area contributed by atoms with E-state index in [2.05, 4.69) is 5.32 Å². The van der Waals surface area contributed by atoms with Crippen LogP contribution in [0.25, 0.3) is 0 Å². The molecule has 35 heavy (non-hydrogen) atoms. The SMILES string of the molecule is COC(=O)CCNCCOC(c1ccc(OC)cc1)(c1ccc(OC)cc1)c1ccc(OC)cc1. The number of carbonyl (C=O) groups excluding carboxylic acids is 1. The average Bonchev–Trinajstić information content (AvgIpc) is 2.93. The smallest absolute Gasteiger partial charge is 0.306 e. The van der Waals surface area contributed by atoms with Gasteiger partial charge in [0.25, 0.3) is 0 Å². The topological polar surface area (TPSA) is 75.3 Å². The van der Waals surface area contributed by atoms with Gasteiger partial charge >= 0.3 is 5.97 Å². The van der Waals surface area contributed by atoms with E-state index in [1.54, 1.807) is 21.3 Å². The summed E-state index contributed by atoms with van der Waals surface area (Å²) in [5, 5.41) is 3.25. The number of benzene rings is 3. The van der Waals surface area contributed by atoms with Crippen molar-refractivity contribution < 1.29 is 28.5 Å². The van der Waals surface area contributed by atoms with E-state index >= 15 is 0 Å². The van der Waals surface area contributed by atoms with Crippen LogP contribution in [0.5, 0.6) is 17.2 Å². The molecule has 0 aromatic heterocycles.